The van der Waals surface area contributed by atoms with Crippen LogP contribution in [0.2, 0.25) is 18.1 Å². The molecule has 0 bridgehead atoms. The molecule has 3 aromatic rings. The highest BCUT2D eigenvalue weighted by Gasteiger charge is 2.39. The average Bonchev–Trinajstić information content (AvgIpc) is 2.94. The molecule has 0 radical (unpaired) electrons. The number of hydrogen-bond donors (Lipinski definition) is 3. The zero-order chi connectivity index (χ0) is 30.2. The molecule has 7 heteroatoms. The van der Waals surface area contributed by atoms with E-state index in [4.69, 9.17) is 9.16 Å². The Morgan fingerprint density at radius 2 is 1.56 bits per heavy atom. The number of aliphatic carboxylic acids is 1. The standard InChI is InChI=1S/C34H47NO5Si/c1-24(19-26-13-15-28(16-14-26)25(2)33(37)38)35-21-32(40-41(6,7)34(3,4)5)29-17-18-31(30(20-29)22-36)39-23-27-11-9-8-10-12-27/h8-18,20,24-25,32,35-36H,19,21-23H2,1-7H3,(H,37,38). The van der Waals surface area contributed by atoms with Gasteiger partial charge in [-0.15, -0.1) is 0 Å². The van der Waals surface area contributed by atoms with Gasteiger partial charge in [0.05, 0.1) is 18.6 Å². The van der Waals surface area contributed by atoms with Crippen LogP contribution < -0.4 is 10.1 Å². The number of ether oxygens (including phenoxy) is 1. The Bertz CT molecular complexity index is 1250. The van der Waals surface area contributed by atoms with Crippen LogP contribution in [0.5, 0.6) is 5.75 Å². The van der Waals surface area contributed by atoms with E-state index in [9.17, 15) is 15.0 Å². The van der Waals surface area contributed by atoms with Crippen molar-refractivity contribution in [2.75, 3.05) is 6.54 Å². The van der Waals surface area contributed by atoms with Crippen molar-refractivity contribution in [3.63, 3.8) is 0 Å². The summed E-state index contributed by atoms with van der Waals surface area (Å²) in [5.41, 5.74) is 4.78. The molecule has 3 unspecified atom stereocenters. The fourth-order valence-electron chi connectivity index (χ4n) is 4.38. The molecule has 0 aliphatic carbocycles. The summed E-state index contributed by atoms with van der Waals surface area (Å²) in [5.74, 6) is -0.666. The van der Waals surface area contributed by atoms with Crippen molar-refractivity contribution in [2.24, 2.45) is 0 Å². The molecule has 0 spiro atoms. The predicted molar refractivity (Wildman–Crippen MR) is 168 cm³/mol. The van der Waals surface area contributed by atoms with Gasteiger partial charge in [0, 0.05) is 18.2 Å². The Balaban J connectivity index is 1.75. The first-order valence-electron chi connectivity index (χ1n) is 14.4. The smallest absolute Gasteiger partial charge is 0.310 e. The second-order valence-electron chi connectivity index (χ2n) is 12.5. The first-order chi connectivity index (χ1) is 19.3. The van der Waals surface area contributed by atoms with Crippen LogP contribution in [0.15, 0.2) is 72.8 Å². The van der Waals surface area contributed by atoms with Gasteiger partial charge in [0.2, 0.25) is 0 Å². The molecule has 0 aromatic heterocycles. The minimum atomic E-state index is -2.11. The third-order valence-corrected chi connectivity index (χ3v) is 12.6. The first kappa shape index (κ1) is 32.5. The molecule has 0 amide bonds. The van der Waals surface area contributed by atoms with Crippen LogP contribution in [-0.2, 0) is 28.9 Å². The van der Waals surface area contributed by atoms with Crippen molar-refractivity contribution in [2.45, 2.75) is 90.4 Å². The van der Waals surface area contributed by atoms with Crippen LogP contribution in [0.1, 0.15) is 74.5 Å². The monoisotopic (exact) mass is 577 g/mol. The van der Waals surface area contributed by atoms with Gasteiger partial charge in [-0.3, -0.25) is 4.79 Å². The zero-order valence-electron chi connectivity index (χ0n) is 25.6. The molecule has 0 heterocycles. The normalized spacial score (nSPS) is 14.3. The molecule has 0 aliphatic rings. The maximum Gasteiger partial charge on any atom is 0.310 e. The lowest BCUT2D eigenvalue weighted by Crippen LogP contribution is -2.44. The Labute approximate surface area is 246 Å². The second-order valence-corrected chi connectivity index (χ2v) is 17.2. The lowest BCUT2D eigenvalue weighted by molar-refractivity contribution is -0.138. The number of rotatable bonds is 14. The molecule has 6 nitrogen and oxygen atoms in total. The van der Waals surface area contributed by atoms with Gasteiger partial charge < -0.3 is 24.7 Å². The maximum atomic E-state index is 11.3. The number of hydrogen-bond acceptors (Lipinski definition) is 5. The van der Waals surface area contributed by atoms with Gasteiger partial charge in [0.15, 0.2) is 8.32 Å². The van der Waals surface area contributed by atoms with E-state index < -0.39 is 20.2 Å². The van der Waals surface area contributed by atoms with Crippen LogP contribution in [0, 0.1) is 0 Å². The van der Waals surface area contributed by atoms with Crippen molar-refractivity contribution in [1.82, 2.24) is 5.32 Å². The number of carboxylic acids is 1. The molecule has 3 rings (SSSR count). The highest BCUT2D eigenvalue weighted by Crippen LogP contribution is 2.40. The van der Waals surface area contributed by atoms with Crippen molar-refractivity contribution in [3.05, 3.63) is 101 Å². The van der Waals surface area contributed by atoms with E-state index in [2.05, 4.69) is 46.1 Å². The molecule has 3 aromatic carbocycles. The largest absolute Gasteiger partial charge is 0.489 e. The molecule has 0 aliphatic heterocycles. The molecule has 0 saturated carbocycles. The van der Waals surface area contributed by atoms with Crippen LogP contribution >= 0.6 is 0 Å². The van der Waals surface area contributed by atoms with Gasteiger partial charge in [-0.2, -0.15) is 0 Å². The Kier molecular flexibility index (Phi) is 11.3. The van der Waals surface area contributed by atoms with Gasteiger partial charge in [0.1, 0.15) is 12.4 Å². The zero-order valence-corrected chi connectivity index (χ0v) is 26.6. The molecule has 3 N–H and O–H groups in total. The number of aliphatic hydroxyl groups excluding tert-OH is 1. The van der Waals surface area contributed by atoms with E-state index >= 15 is 0 Å². The quantitative estimate of drug-likeness (QED) is 0.175. The van der Waals surface area contributed by atoms with E-state index in [1.165, 1.54) is 0 Å². The minimum Gasteiger partial charge on any atom is -0.489 e. The Morgan fingerprint density at radius 1 is 0.927 bits per heavy atom. The van der Waals surface area contributed by atoms with Crippen LogP contribution in [0.3, 0.4) is 0 Å². The molecule has 41 heavy (non-hydrogen) atoms. The van der Waals surface area contributed by atoms with Crippen molar-refractivity contribution < 1.29 is 24.2 Å². The van der Waals surface area contributed by atoms with E-state index in [1.807, 2.05) is 72.8 Å². The second kappa shape index (κ2) is 14.3. The highest BCUT2D eigenvalue weighted by atomic mass is 28.4. The number of carboxylic acid groups (broad SMARTS) is 1. The van der Waals surface area contributed by atoms with Gasteiger partial charge in [-0.1, -0.05) is 81.4 Å². The van der Waals surface area contributed by atoms with Crippen LogP contribution in [0.4, 0.5) is 0 Å². The Hall–Kier alpha value is -2.97. The summed E-state index contributed by atoms with van der Waals surface area (Å²) in [6.07, 6.45) is 0.619. The van der Waals surface area contributed by atoms with E-state index in [0.717, 1.165) is 34.2 Å². The minimum absolute atomic E-state index is 0.0459. The number of nitrogens with one attached hydrogen (secondary N) is 1. The van der Waals surface area contributed by atoms with E-state index in [-0.39, 0.29) is 23.8 Å². The third kappa shape index (κ3) is 9.26. The van der Waals surface area contributed by atoms with Crippen LogP contribution in [-0.4, -0.2) is 37.1 Å². The number of carbonyl (C=O) groups is 1. The van der Waals surface area contributed by atoms with Crippen LogP contribution in [0.25, 0.3) is 0 Å². The van der Waals surface area contributed by atoms with Crippen molar-refractivity contribution in [1.29, 1.82) is 0 Å². The summed E-state index contributed by atoms with van der Waals surface area (Å²) in [5, 5.41) is 23.2. The van der Waals surface area contributed by atoms with Crippen molar-refractivity contribution in [3.8, 4) is 5.75 Å². The molecule has 0 saturated heterocycles. The van der Waals surface area contributed by atoms with E-state index in [0.29, 0.717) is 18.9 Å². The summed E-state index contributed by atoms with van der Waals surface area (Å²) < 4.78 is 13.0. The topological polar surface area (TPSA) is 88.0 Å². The Morgan fingerprint density at radius 3 is 2.15 bits per heavy atom. The average molecular weight is 578 g/mol. The summed E-state index contributed by atoms with van der Waals surface area (Å²) in [6.45, 7) is 16.0. The lowest BCUT2D eigenvalue weighted by atomic mass is 9.98. The van der Waals surface area contributed by atoms with Crippen molar-refractivity contribution >= 4 is 14.3 Å². The summed E-state index contributed by atoms with van der Waals surface area (Å²) >= 11 is 0. The summed E-state index contributed by atoms with van der Waals surface area (Å²) in [4.78, 5) is 11.3. The first-order valence-corrected chi connectivity index (χ1v) is 17.3. The molecule has 222 valence electrons. The fourth-order valence-corrected chi connectivity index (χ4v) is 5.66. The molecular weight excluding hydrogens is 530 g/mol. The molecule has 0 fully saturated rings. The van der Waals surface area contributed by atoms with Gasteiger partial charge in [-0.05, 0) is 72.8 Å². The molecular formula is C34H47NO5Si. The predicted octanol–water partition coefficient (Wildman–Crippen LogP) is 7.23. The summed E-state index contributed by atoms with van der Waals surface area (Å²) in [6, 6.07) is 24.0. The maximum absolute atomic E-state index is 11.3. The summed E-state index contributed by atoms with van der Waals surface area (Å²) in [7, 11) is -2.11. The number of benzene rings is 3. The van der Waals surface area contributed by atoms with Gasteiger partial charge in [-0.25, -0.2) is 0 Å². The fraction of sp³-hybridized carbons (Fsp3) is 0.441. The van der Waals surface area contributed by atoms with Gasteiger partial charge in [0.25, 0.3) is 0 Å². The van der Waals surface area contributed by atoms with E-state index in [1.54, 1.807) is 6.92 Å². The third-order valence-electron chi connectivity index (χ3n) is 8.15. The number of aliphatic hydroxyl groups is 1. The lowest BCUT2D eigenvalue weighted by Gasteiger charge is -2.40. The van der Waals surface area contributed by atoms with Gasteiger partial charge >= 0.3 is 5.97 Å². The SMILES string of the molecule is CC(Cc1ccc(C(C)C(=O)O)cc1)NCC(O[Si](C)(C)C(C)(C)C)c1ccc(OCc2ccccc2)c(CO)c1. The highest BCUT2D eigenvalue weighted by molar-refractivity contribution is 6.74. The molecule has 3 atom stereocenters.